The minimum Gasteiger partial charge on any atom is -0.397 e. The van der Waals surface area contributed by atoms with Gasteiger partial charge in [0, 0.05) is 0 Å². The van der Waals surface area contributed by atoms with Crippen LogP contribution in [0.15, 0.2) is 18.2 Å². The highest BCUT2D eigenvalue weighted by Crippen LogP contribution is 2.18. The average molecular weight is 190 g/mol. The lowest BCUT2D eigenvalue weighted by Gasteiger charge is -2.07. The van der Waals surface area contributed by atoms with Gasteiger partial charge >= 0.3 is 0 Å². The van der Waals surface area contributed by atoms with Crippen LogP contribution in [0.1, 0.15) is 0 Å². The summed E-state index contributed by atoms with van der Waals surface area (Å²) in [7, 11) is 0. The van der Waals surface area contributed by atoms with Crippen molar-refractivity contribution in [2.24, 2.45) is 0 Å². The zero-order chi connectivity index (χ0) is 9.84. The third-order valence-electron chi connectivity index (χ3n) is 1.46. The maximum atomic E-state index is 12.5. The van der Waals surface area contributed by atoms with Gasteiger partial charge in [0.2, 0.25) is 0 Å². The molecule has 0 aromatic heterocycles. The van der Waals surface area contributed by atoms with Gasteiger partial charge in [0.05, 0.1) is 17.9 Å². The molecule has 72 valence electrons. The van der Waals surface area contributed by atoms with Crippen molar-refractivity contribution >= 4 is 11.4 Å². The Bertz CT molecular complexity index is 289. The molecule has 1 rings (SSSR count). The van der Waals surface area contributed by atoms with E-state index in [1.54, 1.807) is 0 Å². The van der Waals surface area contributed by atoms with Gasteiger partial charge in [-0.25, -0.2) is 13.2 Å². The van der Waals surface area contributed by atoms with Crippen LogP contribution in [0.3, 0.4) is 0 Å². The van der Waals surface area contributed by atoms with Crippen LogP contribution in [0.2, 0.25) is 0 Å². The standard InChI is InChI=1S/C8H9F3N2/c9-5-1-2-7(6(12)3-5)13-4-8(10)11/h1-3,8,13H,4,12H2. The molecule has 0 atom stereocenters. The molecule has 1 aromatic rings. The number of hydrogen-bond acceptors (Lipinski definition) is 2. The second kappa shape index (κ2) is 4.02. The van der Waals surface area contributed by atoms with Crippen LogP contribution in [-0.4, -0.2) is 13.0 Å². The highest BCUT2D eigenvalue weighted by Gasteiger charge is 2.04. The van der Waals surface area contributed by atoms with Gasteiger partial charge < -0.3 is 11.1 Å². The summed E-state index contributed by atoms with van der Waals surface area (Å²) in [5, 5.41) is 2.40. The molecule has 0 amide bonds. The lowest BCUT2D eigenvalue weighted by Crippen LogP contribution is -2.11. The summed E-state index contributed by atoms with van der Waals surface area (Å²) in [5.41, 5.74) is 5.81. The normalized spacial score (nSPS) is 10.5. The first kappa shape index (κ1) is 9.70. The van der Waals surface area contributed by atoms with Crippen LogP contribution in [-0.2, 0) is 0 Å². The summed E-state index contributed by atoms with van der Waals surface area (Å²) in [6.07, 6.45) is -2.45. The first-order valence-corrected chi connectivity index (χ1v) is 3.66. The number of hydrogen-bond donors (Lipinski definition) is 2. The van der Waals surface area contributed by atoms with Crippen LogP contribution in [0, 0.1) is 5.82 Å². The molecule has 13 heavy (non-hydrogen) atoms. The lowest BCUT2D eigenvalue weighted by atomic mass is 10.2. The van der Waals surface area contributed by atoms with Crippen molar-refractivity contribution in [2.75, 3.05) is 17.6 Å². The summed E-state index contributed by atoms with van der Waals surface area (Å²) in [5.74, 6) is -0.486. The molecule has 5 heteroatoms. The Morgan fingerprint density at radius 1 is 1.38 bits per heavy atom. The van der Waals surface area contributed by atoms with E-state index in [-0.39, 0.29) is 5.69 Å². The molecule has 0 aliphatic heterocycles. The minimum atomic E-state index is -2.45. The molecule has 0 bridgehead atoms. The topological polar surface area (TPSA) is 38.0 Å². The van der Waals surface area contributed by atoms with Crippen molar-refractivity contribution < 1.29 is 13.2 Å². The fourth-order valence-corrected chi connectivity index (χ4v) is 0.882. The molecule has 0 heterocycles. The summed E-state index contributed by atoms with van der Waals surface area (Å²) >= 11 is 0. The highest BCUT2D eigenvalue weighted by atomic mass is 19.3. The summed E-state index contributed by atoms with van der Waals surface area (Å²) in [4.78, 5) is 0. The highest BCUT2D eigenvalue weighted by molar-refractivity contribution is 5.65. The molecule has 0 saturated heterocycles. The number of halogens is 3. The van der Waals surface area contributed by atoms with Crippen LogP contribution < -0.4 is 11.1 Å². The van der Waals surface area contributed by atoms with Gasteiger partial charge in [-0.2, -0.15) is 0 Å². The number of anilines is 2. The average Bonchev–Trinajstić information content (AvgIpc) is 2.02. The van der Waals surface area contributed by atoms with Gasteiger partial charge in [0.25, 0.3) is 6.43 Å². The Morgan fingerprint density at radius 3 is 2.62 bits per heavy atom. The molecule has 0 spiro atoms. The van der Waals surface area contributed by atoms with Gasteiger partial charge in [0.1, 0.15) is 5.82 Å². The van der Waals surface area contributed by atoms with Gasteiger partial charge in [0.15, 0.2) is 0 Å². The van der Waals surface area contributed by atoms with Gasteiger partial charge in [-0.1, -0.05) is 0 Å². The van der Waals surface area contributed by atoms with Gasteiger partial charge in [-0.15, -0.1) is 0 Å². The molecule has 0 aliphatic carbocycles. The Hall–Kier alpha value is -1.39. The van der Waals surface area contributed by atoms with E-state index in [2.05, 4.69) is 5.32 Å². The minimum absolute atomic E-state index is 0.126. The van der Waals surface area contributed by atoms with Crippen molar-refractivity contribution in [3.05, 3.63) is 24.0 Å². The quantitative estimate of drug-likeness (QED) is 0.716. The van der Waals surface area contributed by atoms with E-state index >= 15 is 0 Å². The lowest BCUT2D eigenvalue weighted by molar-refractivity contribution is 0.163. The van der Waals surface area contributed by atoms with E-state index in [0.717, 1.165) is 12.1 Å². The van der Waals surface area contributed by atoms with Crippen LogP contribution >= 0.6 is 0 Å². The van der Waals surface area contributed by atoms with E-state index in [4.69, 9.17) is 5.73 Å². The third-order valence-corrected chi connectivity index (χ3v) is 1.46. The summed E-state index contributed by atoms with van der Waals surface area (Å²) in [6, 6.07) is 3.56. The molecule has 0 unspecified atom stereocenters. The summed E-state index contributed by atoms with van der Waals surface area (Å²) < 4.78 is 36.0. The van der Waals surface area contributed by atoms with Crippen LogP contribution in [0.25, 0.3) is 0 Å². The van der Waals surface area contributed by atoms with E-state index < -0.39 is 18.8 Å². The van der Waals surface area contributed by atoms with E-state index in [1.165, 1.54) is 6.07 Å². The predicted molar refractivity (Wildman–Crippen MR) is 45.3 cm³/mol. The monoisotopic (exact) mass is 190 g/mol. The first-order valence-electron chi connectivity index (χ1n) is 3.66. The van der Waals surface area contributed by atoms with Crippen molar-refractivity contribution in [1.29, 1.82) is 0 Å². The second-order valence-corrected chi connectivity index (χ2v) is 2.50. The molecule has 1 aromatic carbocycles. The van der Waals surface area contributed by atoms with Crippen LogP contribution in [0.4, 0.5) is 24.5 Å². The summed E-state index contributed by atoms with van der Waals surface area (Å²) in [6.45, 7) is -0.490. The molecular weight excluding hydrogens is 181 g/mol. The van der Waals surface area contributed by atoms with Gasteiger partial charge in [-0.05, 0) is 18.2 Å². The fourth-order valence-electron chi connectivity index (χ4n) is 0.882. The number of benzene rings is 1. The van der Waals surface area contributed by atoms with Gasteiger partial charge in [-0.3, -0.25) is 0 Å². The molecule has 2 nitrogen and oxygen atoms in total. The number of nitrogen functional groups attached to an aromatic ring is 1. The maximum absolute atomic E-state index is 12.5. The zero-order valence-electron chi connectivity index (χ0n) is 6.73. The van der Waals surface area contributed by atoms with Crippen LogP contribution in [0.5, 0.6) is 0 Å². The molecule has 0 saturated carbocycles. The largest absolute Gasteiger partial charge is 0.397 e. The number of nitrogens with two attached hydrogens (primary N) is 1. The number of alkyl halides is 2. The zero-order valence-corrected chi connectivity index (χ0v) is 6.73. The smallest absolute Gasteiger partial charge is 0.255 e. The third kappa shape index (κ3) is 2.85. The molecule has 3 N–H and O–H groups in total. The second-order valence-electron chi connectivity index (χ2n) is 2.50. The number of nitrogens with one attached hydrogen (secondary N) is 1. The Balaban J connectivity index is 2.67. The van der Waals surface area contributed by atoms with E-state index in [0.29, 0.717) is 5.69 Å². The SMILES string of the molecule is Nc1cc(F)ccc1NCC(F)F. The maximum Gasteiger partial charge on any atom is 0.255 e. The van der Waals surface area contributed by atoms with E-state index in [9.17, 15) is 13.2 Å². The number of rotatable bonds is 3. The Labute approximate surface area is 73.5 Å². The molecule has 0 radical (unpaired) electrons. The van der Waals surface area contributed by atoms with Crippen molar-refractivity contribution in [3.8, 4) is 0 Å². The molecule has 0 aliphatic rings. The fraction of sp³-hybridized carbons (Fsp3) is 0.250. The first-order chi connectivity index (χ1) is 6.09. The van der Waals surface area contributed by atoms with Crippen molar-refractivity contribution in [1.82, 2.24) is 0 Å². The van der Waals surface area contributed by atoms with E-state index in [1.807, 2.05) is 0 Å². The molecule has 0 fully saturated rings. The molecular formula is C8H9F3N2. The Morgan fingerprint density at radius 2 is 2.08 bits per heavy atom. The van der Waals surface area contributed by atoms with Crippen molar-refractivity contribution in [3.63, 3.8) is 0 Å². The van der Waals surface area contributed by atoms with Crippen molar-refractivity contribution in [2.45, 2.75) is 6.43 Å². The Kier molecular flexibility index (Phi) is 3.00. The predicted octanol–water partition coefficient (Wildman–Crippen LogP) is 2.08.